The molecule has 0 saturated carbocycles. The molecule has 3 aromatic heterocycles. The number of nitrogens with one attached hydrogen (secondary N) is 2. The second-order valence-corrected chi connectivity index (χ2v) is 10.5. The summed E-state index contributed by atoms with van der Waals surface area (Å²) < 4.78 is 27.8. The SMILES string of the molecule is O=S(=O)(c1ccccc1)C(O)(c1ccc(CNc2ccc(Cl)cc2)nc1)c1c[nH]c2ncccc12. The highest BCUT2D eigenvalue weighted by molar-refractivity contribution is 7.92. The molecule has 1 unspecified atom stereocenters. The summed E-state index contributed by atoms with van der Waals surface area (Å²) in [6, 6.07) is 21.8. The van der Waals surface area contributed by atoms with Crippen molar-refractivity contribution >= 4 is 38.2 Å². The van der Waals surface area contributed by atoms with E-state index in [9.17, 15) is 13.5 Å². The van der Waals surface area contributed by atoms with Gasteiger partial charge in [0.25, 0.3) is 0 Å². The second kappa shape index (κ2) is 9.14. The smallest absolute Gasteiger partial charge is 0.225 e. The lowest BCUT2D eigenvalue weighted by atomic mass is 10.0. The first-order valence-electron chi connectivity index (χ1n) is 10.8. The van der Waals surface area contributed by atoms with Crippen LogP contribution in [0.3, 0.4) is 0 Å². The lowest BCUT2D eigenvalue weighted by molar-refractivity contribution is 0.168. The van der Waals surface area contributed by atoms with Crippen LogP contribution in [0.4, 0.5) is 5.69 Å². The van der Waals surface area contributed by atoms with Gasteiger partial charge < -0.3 is 15.4 Å². The van der Waals surface area contributed by atoms with Gasteiger partial charge in [-0.15, -0.1) is 0 Å². The van der Waals surface area contributed by atoms with Crippen LogP contribution in [-0.2, 0) is 21.3 Å². The molecule has 0 aliphatic heterocycles. The molecule has 5 aromatic rings. The van der Waals surface area contributed by atoms with Gasteiger partial charge in [-0.2, -0.15) is 0 Å². The molecule has 0 radical (unpaired) electrons. The number of aliphatic hydroxyl groups is 1. The number of H-pyrrole nitrogens is 1. The Labute approximate surface area is 207 Å². The van der Waals surface area contributed by atoms with Gasteiger partial charge in [-0.25, -0.2) is 13.4 Å². The van der Waals surface area contributed by atoms with Crippen LogP contribution in [0.5, 0.6) is 0 Å². The molecule has 0 aliphatic carbocycles. The van der Waals surface area contributed by atoms with E-state index >= 15 is 0 Å². The minimum absolute atomic E-state index is 0.00535. The second-order valence-electron chi connectivity index (χ2n) is 7.96. The highest BCUT2D eigenvalue weighted by atomic mass is 35.5. The molecule has 35 heavy (non-hydrogen) atoms. The monoisotopic (exact) mass is 504 g/mol. The summed E-state index contributed by atoms with van der Waals surface area (Å²) in [5.41, 5.74) is 2.32. The molecule has 3 N–H and O–H groups in total. The first kappa shape index (κ1) is 23.0. The van der Waals surface area contributed by atoms with E-state index in [1.807, 2.05) is 12.1 Å². The van der Waals surface area contributed by atoms with Crippen molar-refractivity contribution < 1.29 is 13.5 Å². The molecular formula is C26H21ClN4O3S. The number of pyridine rings is 2. The standard InChI is InChI=1S/C26H21ClN4O3S/c27-19-9-12-20(13-10-19)30-16-21-11-8-18(15-29-21)26(32,35(33,34)22-5-2-1-3-6-22)24-17-31-25-23(24)7-4-14-28-25/h1-15,17,30,32H,16H2,(H,28,31). The highest BCUT2D eigenvalue weighted by Crippen LogP contribution is 2.41. The molecule has 0 bridgehead atoms. The molecule has 0 spiro atoms. The van der Waals surface area contributed by atoms with Gasteiger partial charge in [0, 0.05) is 45.8 Å². The van der Waals surface area contributed by atoms with Crippen molar-refractivity contribution in [3.63, 3.8) is 0 Å². The summed E-state index contributed by atoms with van der Waals surface area (Å²) in [6.45, 7) is 0.406. The Bertz CT molecular complexity index is 1570. The normalized spacial score (nSPS) is 13.4. The molecule has 0 saturated heterocycles. The Hall–Kier alpha value is -3.72. The third kappa shape index (κ3) is 4.16. The number of anilines is 1. The van der Waals surface area contributed by atoms with E-state index in [1.165, 1.54) is 24.5 Å². The fourth-order valence-corrected chi connectivity index (χ4v) is 5.82. The van der Waals surface area contributed by atoms with Crippen molar-refractivity contribution in [3.8, 4) is 0 Å². The Morgan fingerprint density at radius 3 is 2.43 bits per heavy atom. The molecule has 1 atom stereocenters. The zero-order valence-electron chi connectivity index (χ0n) is 18.4. The summed E-state index contributed by atoms with van der Waals surface area (Å²) in [4.78, 5) is 9.24. The fourth-order valence-electron chi connectivity index (χ4n) is 3.95. The predicted octanol–water partition coefficient (Wildman–Crippen LogP) is 4.89. The van der Waals surface area contributed by atoms with Crippen molar-refractivity contribution in [2.45, 2.75) is 16.4 Å². The lowest BCUT2D eigenvalue weighted by Crippen LogP contribution is -2.37. The Morgan fingerprint density at radius 1 is 0.943 bits per heavy atom. The minimum atomic E-state index is -4.30. The molecule has 9 heteroatoms. The Kier molecular flexibility index (Phi) is 6.02. The van der Waals surface area contributed by atoms with Crippen LogP contribution in [0.2, 0.25) is 5.02 Å². The quantitative estimate of drug-likeness (QED) is 0.291. The number of rotatable bonds is 7. The number of sulfone groups is 1. The number of aromatic amines is 1. The maximum atomic E-state index is 13.9. The van der Waals surface area contributed by atoms with Gasteiger partial charge in [0.2, 0.25) is 14.8 Å². The topological polar surface area (TPSA) is 108 Å². The van der Waals surface area contributed by atoms with E-state index in [4.69, 9.17) is 11.6 Å². The molecule has 0 fully saturated rings. The molecule has 176 valence electrons. The van der Waals surface area contributed by atoms with Crippen LogP contribution in [0, 0.1) is 0 Å². The van der Waals surface area contributed by atoms with Crippen molar-refractivity contribution in [3.05, 3.63) is 119 Å². The number of aromatic nitrogens is 3. The number of nitrogens with zero attached hydrogens (tertiary/aromatic N) is 2. The highest BCUT2D eigenvalue weighted by Gasteiger charge is 2.48. The molecular weight excluding hydrogens is 484 g/mol. The van der Waals surface area contributed by atoms with Gasteiger partial charge >= 0.3 is 0 Å². The summed E-state index contributed by atoms with van der Waals surface area (Å²) in [5.74, 6) is 0. The zero-order valence-corrected chi connectivity index (χ0v) is 20.0. The summed E-state index contributed by atoms with van der Waals surface area (Å²) in [6.07, 6.45) is 4.47. The van der Waals surface area contributed by atoms with E-state index in [2.05, 4.69) is 20.3 Å². The van der Waals surface area contributed by atoms with Gasteiger partial charge in [-0.3, -0.25) is 4.98 Å². The average molecular weight is 505 g/mol. The fraction of sp³-hybridized carbons (Fsp3) is 0.0769. The van der Waals surface area contributed by atoms with E-state index in [1.54, 1.807) is 60.8 Å². The number of hydrogen-bond acceptors (Lipinski definition) is 6. The largest absolute Gasteiger partial charge is 0.379 e. The molecule has 0 aliphatic rings. The van der Waals surface area contributed by atoms with Gasteiger partial charge in [0.1, 0.15) is 5.65 Å². The van der Waals surface area contributed by atoms with E-state index < -0.39 is 14.8 Å². The van der Waals surface area contributed by atoms with E-state index in [0.717, 1.165) is 5.69 Å². The van der Waals surface area contributed by atoms with Gasteiger partial charge in [0.15, 0.2) is 0 Å². The van der Waals surface area contributed by atoms with Crippen LogP contribution < -0.4 is 5.32 Å². The molecule has 3 heterocycles. The third-order valence-corrected chi connectivity index (χ3v) is 8.17. The molecule has 2 aromatic carbocycles. The third-order valence-electron chi connectivity index (χ3n) is 5.79. The van der Waals surface area contributed by atoms with E-state index in [-0.39, 0.29) is 16.0 Å². The van der Waals surface area contributed by atoms with Gasteiger partial charge in [0.05, 0.1) is 17.1 Å². The maximum Gasteiger partial charge on any atom is 0.225 e. The molecule has 7 nitrogen and oxygen atoms in total. The predicted molar refractivity (Wildman–Crippen MR) is 136 cm³/mol. The number of fused-ring (bicyclic) bond motifs is 1. The van der Waals surface area contributed by atoms with Crippen molar-refractivity contribution in [2.75, 3.05) is 5.32 Å². The average Bonchev–Trinajstić information content (AvgIpc) is 3.33. The van der Waals surface area contributed by atoms with Crippen LogP contribution in [0.25, 0.3) is 11.0 Å². The summed E-state index contributed by atoms with van der Waals surface area (Å²) >= 11 is 5.93. The first-order chi connectivity index (χ1) is 16.9. The van der Waals surface area contributed by atoms with Gasteiger partial charge in [-0.1, -0.05) is 35.9 Å². The van der Waals surface area contributed by atoms with Crippen LogP contribution >= 0.6 is 11.6 Å². The first-order valence-corrected chi connectivity index (χ1v) is 12.7. The summed E-state index contributed by atoms with van der Waals surface area (Å²) in [5, 5.41) is 16.4. The zero-order chi connectivity index (χ0) is 24.5. The van der Waals surface area contributed by atoms with Crippen molar-refractivity contribution in [2.24, 2.45) is 0 Å². The van der Waals surface area contributed by atoms with E-state index in [0.29, 0.717) is 28.3 Å². The van der Waals surface area contributed by atoms with Crippen molar-refractivity contribution in [1.82, 2.24) is 15.0 Å². The number of benzene rings is 2. The minimum Gasteiger partial charge on any atom is -0.379 e. The van der Waals surface area contributed by atoms with Crippen molar-refractivity contribution in [1.29, 1.82) is 0 Å². The summed E-state index contributed by atoms with van der Waals surface area (Å²) in [7, 11) is -4.30. The number of halogens is 1. The lowest BCUT2D eigenvalue weighted by Gasteiger charge is -2.28. The van der Waals surface area contributed by atoms with Crippen LogP contribution in [0.15, 0.2) is 102 Å². The molecule has 5 rings (SSSR count). The van der Waals surface area contributed by atoms with Crippen LogP contribution in [0.1, 0.15) is 16.8 Å². The Morgan fingerprint density at radius 2 is 1.71 bits per heavy atom. The van der Waals surface area contributed by atoms with Crippen LogP contribution in [-0.4, -0.2) is 28.5 Å². The maximum absolute atomic E-state index is 13.9. The molecule has 0 amide bonds. The number of hydrogen-bond donors (Lipinski definition) is 3. The Balaban J connectivity index is 1.56. The van der Waals surface area contributed by atoms with Gasteiger partial charge in [-0.05, 0) is 54.6 Å².